The maximum atomic E-state index is 14.9. The van der Waals surface area contributed by atoms with E-state index in [9.17, 15) is 9.18 Å². The third-order valence-electron chi connectivity index (χ3n) is 5.43. The van der Waals surface area contributed by atoms with Crippen molar-refractivity contribution < 1.29 is 55.8 Å². The Labute approximate surface area is 265 Å². The zero-order valence-corrected chi connectivity index (χ0v) is 27.7. The molecule has 1 aliphatic heterocycles. The van der Waals surface area contributed by atoms with Gasteiger partial charge in [-0.1, -0.05) is 73.0 Å². The van der Waals surface area contributed by atoms with Crippen molar-refractivity contribution >= 4 is 22.5 Å². The van der Waals surface area contributed by atoms with Crippen LogP contribution in [0.4, 0.5) is 15.9 Å². The average Bonchev–Trinajstić information content (AvgIpc) is 2.90. The van der Waals surface area contributed by atoms with E-state index in [4.69, 9.17) is 0 Å². The molecule has 2 aromatic heterocycles. The van der Waals surface area contributed by atoms with Gasteiger partial charge in [0.25, 0.3) is 5.56 Å². The Hall–Kier alpha value is -1.36. The Kier molecular flexibility index (Phi) is 18.1. The molecule has 200 valence electrons. The van der Waals surface area contributed by atoms with Gasteiger partial charge in [0, 0.05) is 44.0 Å². The number of aromatic amines is 1. The predicted molar refractivity (Wildman–Crippen MR) is 151 cm³/mol. The minimum atomic E-state index is -0.395. The third kappa shape index (κ3) is 10.0. The van der Waals surface area contributed by atoms with E-state index in [2.05, 4.69) is 50.0 Å². The smallest absolute Gasteiger partial charge is 0.469 e. The number of fused-ring (bicyclic) bond motifs is 1. The number of halogens is 1. The maximum absolute atomic E-state index is 14.9. The first-order valence-electron chi connectivity index (χ1n) is 13.1. The van der Waals surface area contributed by atoms with E-state index in [-0.39, 0.29) is 62.5 Å². The fourth-order valence-corrected chi connectivity index (χ4v) is 3.77. The van der Waals surface area contributed by atoms with Crippen LogP contribution in [0.1, 0.15) is 64.9 Å². The Balaban J connectivity index is 0.00000148. The van der Waals surface area contributed by atoms with Crippen LogP contribution in [-0.2, 0) is 6.54 Å². The topological polar surface area (TPSA) is 79.2 Å². The Bertz CT molecular complexity index is 1130. The number of nitrogens with one attached hydrogen (secondary N) is 1. The van der Waals surface area contributed by atoms with Crippen LogP contribution in [0.5, 0.6) is 0 Å². The van der Waals surface area contributed by atoms with Gasteiger partial charge >= 0.3 is 51.4 Å². The second kappa shape index (κ2) is 18.8. The molecule has 37 heavy (non-hydrogen) atoms. The number of nitrogens with zero attached hydrogens (tertiary/aromatic N) is 5. The number of aromatic nitrogens is 3. The van der Waals surface area contributed by atoms with E-state index in [1.807, 2.05) is 40.7 Å². The quantitative estimate of drug-likeness (QED) is 0.515. The van der Waals surface area contributed by atoms with E-state index in [0.29, 0.717) is 23.3 Å². The van der Waals surface area contributed by atoms with Crippen LogP contribution in [-0.4, -0.2) is 53.1 Å². The first kappa shape index (κ1) is 35.6. The first-order valence-corrected chi connectivity index (χ1v) is 13.1. The van der Waals surface area contributed by atoms with E-state index in [0.717, 1.165) is 43.4 Å². The molecule has 0 aliphatic carbocycles. The normalized spacial score (nSPS) is 12.6. The molecule has 1 N–H and O–H groups in total. The molecule has 1 aromatic carbocycles. The van der Waals surface area contributed by atoms with Gasteiger partial charge in [0.05, 0.1) is 5.52 Å². The van der Waals surface area contributed by atoms with Gasteiger partial charge in [0.15, 0.2) is 5.82 Å². The summed E-state index contributed by atoms with van der Waals surface area (Å²) in [5.74, 6) is 0.341. The third-order valence-corrected chi connectivity index (χ3v) is 5.43. The van der Waals surface area contributed by atoms with E-state index in [1.165, 1.54) is 6.42 Å². The van der Waals surface area contributed by atoms with Crippen LogP contribution in [0.25, 0.3) is 16.4 Å². The molecule has 9 heteroatoms. The van der Waals surface area contributed by atoms with Crippen LogP contribution in [0.15, 0.2) is 29.1 Å². The van der Waals surface area contributed by atoms with Gasteiger partial charge in [-0.15, -0.1) is 0 Å². The average molecular weight is 539 g/mol. The molecule has 3 heterocycles. The van der Waals surface area contributed by atoms with Gasteiger partial charge in [-0.25, -0.2) is 9.37 Å². The van der Waals surface area contributed by atoms with Crippen LogP contribution < -0.4 is 61.8 Å². The molecule has 4 rings (SSSR count). The molecule has 0 unspecified atom stereocenters. The Morgan fingerprint density at radius 2 is 1.54 bits per heavy atom. The van der Waals surface area contributed by atoms with E-state index >= 15 is 0 Å². The Morgan fingerprint density at radius 1 is 0.946 bits per heavy atom. The summed E-state index contributed by atoms with van der Waals surface area (Å²) in [5.41, 5.74) is 3.29. The van der Waals surface area contributed by atoms with E-state index in [1.54, 1.807) is 26.1 Å². The molecule has 3 aromatic rings. The number of piperazine rings is 1. The van der Waals surface area contributed by atoms with Crippen molar-refractivity contribution in [3.05, 3.63) is 62.7 Å². The van der Waals surface area contributed by atoms with Gasteiger partial charge < -0.3 is 20.2 Å². The van der Waals surface area contributed by atoms with E-state index < -0.39 is 5.82 Å². The minimum Gasteiger partial charge on any atom is -0.469 e. The Morgan fingerprint density at radius 3 is 2.08 bits per heavy atom. The standard InChI is InChI=1S/C21H25FN6O.C3H8.2C2H6.K/c1-13-17(6-7-18(23-3)25-13)28-10-8-27(9-11-28)12-15-4-5-16-20(19(15)22)26-21(29)14(2)24-16;1-3-2;2*1-2;/h4-7H,8-12H2,1-3H3,(H2,23,25,26,29);3H2,1-2H3;2*1-2H3;/q;;;;+1/p-1. The number of H-pyrrole nitrogens is 1. The molecule has 1 fully saturated rings. The molecular weight excluding hydrogens is 494 g/mol. The fourth-order valence-electron chi connectivity index (χ4n) is 3.77. The van der Waals surface area contributed by atoms with Crippen LogP contribution >= 0.6 is 0 Å². The number of anilines is 1. The number of aryl methyl sites for hydroxylation is 2. The van der Waals surface area contributed by atoms with Crippen molar-refractivity contribution in [3.8, 4) is 0 Å². The minimum absolute atomic E-state index is 0. The van der Waals surface area contributed by atoms with Crippen molar-refractivity contribution in [1.29, 1.82) is 0 Å². The maximum Gasteiger partial charge on any atom is 1.00 e. The number of rotatable bonds is 4. The summed E-state index contributed by atoms with van der Waals surface area (Å²) in [5, 5.41) is 4.12. The number of hydrogen-bond donors (Lipinski definition) is 1. The zero-order chi connectivity index (χ0) is 27.3. The summed E-state index contributed by atoms with van der Waals surface area (Å²) in [7, 11) is 1.74. The summed E-state index contributed by atoms with van der Waals surface area (Å²) in [6.45, 7) is 19.7. The molecule has 0 spiro atoms. The molecule has 1 aliphatic rings. The van der Waals surface area contributed by atoms with Gasteiger partial charge in [-0.3, -0.25) is 9.69 Å². The van der Waals surface area contributed by atoms with Crippen LogP contribution in [0.3, 0.4) is 0 Å². The second-order valence-corrected chi connectivity index (χ2v) is 8.05. The molecule has 0 saturated carbocycles. The van der Waals surface area contributed by atoms with Crippen molar-refractivity contribution in [1.82, 2.24) is 19.9 Å². The SMILES string of the molecule is CC.CC.CCC.C[N-]c1ccc(N2CCN(Cc3ccc4nc(C)c(=O)[nH]c4c3F)CC2)c(C)n1.[K+]. The van der Waals surface area contributed by atoms with Gasteiger partial charge in [0.1, 0.15) is 11.2 Å². The molecule has 0 atom stereocenters. The fraction of sp³-hybridized carbons (Fsp3) is 0.536. The summed E-state index contributed by atoms with van der Waals surface area (Å²) in [6.07, 6.45) is 1.25. The number of pyridine rings is 1. The molecule has 0 bridgehead atoms. The summed E-state index contributed by atoms with van der Waals surface area (Å²) < 4.78 is 14.9. The molecular formula is C28H44FKN6O. The van der Waals surface area contributed by atoms with Crippen molar-refractivity contribution in [2.75, 3.05) is 38.1 Å². The summed E-state index contributed by atoms with van der Waals surface area (Å²) >= 11 is 0. The monoisotopic (exact) mass is 538 g/mol. The van der Waals surface area contributed by atoms with Crippen molar-refractivity contribution in [2.45, 2.75) is 68.4 Å². The molecule has 0 amide bonds. The largest absolute Gasteiger partial charge is 1.00 e. The number of hydrogen-bond acceptors (Lipinski definition) is 5. The second-order valence-electron chi connectivity index (χ2n) is 8.05. The van der Waals surface area contributed by atoms with Crippen molar-refractivity contribution in [3.63, 3.8) is 0 Å². The molecule has 7 nitrogen and oxygen atoms in total. The van der Waals surface area contributed by atoms with Crippen LogP contribution in [0.2, 0.25) is 0 Å². The summed E-state index contributed by atoms with van der Waals surface area (Å²) in [4.78, 5) is 27.6. The zero-order valence-electron chi connectivity index (χ0n) is 24.6. The van der Waals surface area contributed by atoms with Gasteiger partial charge in [-0.2, -0.15) is 0 Å². The predicted octanol–water partition coefficient (Wildman–Crippen LogP) is 3.50. The van der Waals surface area contributed by atoms with Crippen LogP contribution in [0, 0.1) is 19.7 Å². The van der Waals surface area contributed by atoms with Crippen molar-refractivity contribution in [2.24, 2.45) is 0 Å². The molecule has 0 radical (unpaired) electrons. The first-order chi connectivity index (χ1) is 17.4. The molecule has 1 saturated heterocycles. The van der Waals surface area contributed by atoms with Gasteiger partial charge in [-0.05, 0) is 31.7 Å². The van der Waals surface area contributed by atoms with Gasteiger partial charge in [0.2, 0.25) is 0 Å². The summed E-state index contributed by atoms with van der Waals surface area (Å²) in [6, 6.07) is 7.52. The number of benzene rings is 1.